The van der Waals surface area contributed by atoms with E-state index in [1.54, 1.807) is 6.20 Å². The van der Waals surface area contributed by atoms with Crippen LogP contribution in [0.25, 0.3) is 0 Å². The molecule has 0 aliphatic carbocycles. The fraction of sp³-hybridized carbons (Fsp3) is 0.476. The average Bonchev–Trinajstić information content (AvgIpc) is 2.70. The van der Waals surface area contributed by atoms with Crippen molar-refractivity contribution in [2.24, 2.45) is 0 Å². The molecule has 2 heterocycles. The van der Waals surface area contributed by atoms with Crippen LogP contribution in [0.1, 0.15) is 28.5 Å². The van der Waals surface area contributed by atoms with Crippen LogP contribution in [0.5, 0.6) is 5.75 Å². The molecule has 1 amide bonds. The summed E-state index contributed by atoms with van der Waals surface area (Å²) in [4.78, 5) is 25.9. The third-order valence-corrected chi connectivity index (χ3v) is 4.93. The highest BCUT2D eigenvalue weighted by molar-refractivity contribution is 5.95. The zero-order chi connectivity index (χ0) is 19.9. The van der Waals surface area contributed by atoms with Crippen LogP contribution < -0.4 is 15.0 Å². The van der Waals surface area contributed by atoms with Crippen molar-refractivity contribution in [2.45, 2.75) is 20.3 Å². The van der Waals surface area contributed by atoms with Crippen molar-refractivity contribution in [3.63, 3.8) is 0 Å². The van der Waals surface area contributed by atoms with Gasteiger partial charge < -0.3 is 19.9 Å². The van der Waals surface area contributed by atoms with Crippen molar-refractivity contribution in [2.75, 3.05) is 51.3 Å². The summed E-state index contributed by atoms with van der Waals surface area (Å²) < 4.78 is 5.44. The highest BCUT2D eigenvalue weighted by Crippen LogP contribution is 2.14. The van der Waals surface area contributed by atoms with Crippen molar-refractivity contribution in [3.05, 3.63) is 47.3 Å². The molecule has 150 valence electrons. The first-order valence-corrected chi connectivity index (χ1v) is 9.84. The molecule has 1 aromatic heterocycles. The van der Waals surface area contributed by atoms with E-state index in [1.807, 2.05) is 38.1 Å². The molecule has 1 aliphatic rings. The van der Waals surface area contributed by atoms with Crippen molar-refractivity contribution < 1.29 is 9.53 Å². The van der Waals surface area contributed by atoms with Crippen LogP contribution in [0, 0.1) is 6.92 Å². The van der Waals surface area contributed by atoms with Gasteiger partial charge in [-0.25, -0.2) is 9.97 Å². The number of aryl methyl sites for hydroxylation is 1. The van der Waals surface area contributed by atoms with Crippen LogP contribution in [-0.2, 0) is 6.42 Å². The lowest BCUT2D eigenvalue weighted by atomic mass is 10.1. The summed E-state index contributed by atoms with van der Waals surface area (Å²) >= 11 is 0. The van der Waals surface area contributed by atoms with Gasteiger partial charge in [-0.15, -0.1) is 0 Å². The largest absolute Gasteiger partial charge is 0.494 e. The summed E-state index contributed by atoms with van der Waals surface area (Å²) in [6, 6.07) is 7.96. The summed E-state index contributed by atoms with van der Waals surface area (Å²) in [5.74, 6) is 1.44. The number of anilines is 1. The van der Waals surface area contributed by atoms with E-state index in [2.05, 4.69) is 32.1 Å². The number of carbonyl (C=O) groups excluding carboxylic acids is 1. The molecule has 1 aliphatic heterocycles. The Morgan fingerprint density at radius 3 is 2.54 bits per heavy atom. The van der Waals surface area contributed by atoms with Crippen LogP contribution in [-0.4, -0.2) is 67.2 Å². The maximum absolute atomic E-state index is 12.5. The van der Waals surface area contributed by atoms with Gasteiger partial charge >= 0.3 is 0 Å². The topological polar surface area (TPSA) is 70.6 Å². The molecule has 3 rings (SSSR count). The Balaban J connectivity index is 1.52. The van der Waals surface area contributed by atoms with E-state index >= 15 is 0 Å². The molecule has 0 unspecified atom stereocenters. The summed E-state index contributed by atoms with van der Waals surface area (Å²) in [6.45, 7) is 8.85. The molecule has 0 bridgehead atoms. The van der Waals surface area contributed by atoms with Gasteiger partial charge in [-0.2, -0.15) is 0 Å². The predicted molar refractivity (Wildman–Crippen MR) is 110 cm³/mol. The maximum atomic E-state index is 12.5. The van der Waals surface area contributed by atoms with E-state index in [9.17, 15) is 4.79 Å². The van der Waals surface area contributed by atoms with Gasteiger partial charge in [-0.1, -0.05) is 12.1 Å². The number of rotatable bonds is 7. The molecule has 1 saturated heterocycles. The van der Waals surface area contributed by atoms with Crippen LogP contribution in [0.3, 0.4) is 0 Å². The lowest BCUT2D eigenvalue weighted by molar-refractivity contribution is 0.0952. The second-order valence-electron chi connectivity index (χ2n) is 7.04. The second kappa shape index (κ2) is 9.50. The Morgan fingerprint density at radius 2 is 1.89 bits per heavy atom. The molecule has 0 spiro atoms. The number of amides is 1. The van der Waals surface area contributed by atoms with E-state index in [1.165, 1.54) is 0 Å². The Kier molecular flexibility index (Phi) is 6.81. The van der Waals surface area contributed by atoms with Crippen LogP contribution >= 0.6 is 0 Å². The highest BCUT2D eigenvalue weighted by Gasteiger charge is 2.18. The number of likely N-dealkylation sites (N-methyl/N-ethyl adjacent to an activating group) is 1. The molecule has 7 heteroatoms. The first kappa shape index (κ1) is 20.1. The number of benzene rings is 1. The lowest BCUT2D eigenvalue weighted by Crippen LogP contribution is -2.45. The SMILES string of the molecule is CCOc1ccc(CCNC(=O)c2cnc(N3CCN(C)CC3)nc2C)cc1. The van der Waals surface area contributed by atoms with Crippen LogP contribution in [0.2, 0.25) is 0 Å². The quantitative estimate of drug-likeness (QED) is 0.788. The summed E-state index contributed by atoms with van der Waals surface area (Å²) in [7, 11) is 2.12. The number of hydrogen-bond acceptors (Lipinski definition) is 6. The number of piperazine rings is 1. The van der Waals surface area contributed by atoms with Crippen molar-refractivity contribution >= 4 is 11.9 Å². The number of nitrogens with zero attached hydrogens (tertiary/aromatic N) is 4. The average molecular weight is 383 g/mol. The standard InChI is InChI=1S/C21H29N5O2/c1-4-28-18-7-5-17(6-8-18)9-10-22-20(27)19-15-23-21(24-16(19)2)26-13-11-25(3)12-14-26/h5-8,15H,4,9-14H2,1-3H3,(H,22,27). The maximum Gasteiger partial charge on any atom is 0.254 e. The number of carbonyl (C=O) groups is 1. The molecule has 0 saturated carbocycles. The van der Waals surface area contributed by atoms with E-state index in [-0.39, 0.29) is 5.91 Å². The molecule has 7 nitrogen and oxygen atoms in total. The second-order valence-corrected chi connectivity index (χ2v) is 7.04. The minimum atomic E-state index is -0.131. The third-order valence-electron chi connectivity index (χ3n) is 4.93. The number of hydrogen-bond donors (Lipinski definition) is 1. The number of ether oxygens (including phenoxy) is 1. The Morgan fingerprint density at radius 1 is 1.18 bits per heavy atom. The highest BCUT2D eigenvalue weighted by atomic mass is 16.5. The van der Waals surface area contributed by atoms with Gasteiger partial charge in [0.15, 0.2) is 0 Å². The first-order valence-electron chi connectivity index (χ1n) is 9.84. The van der Waals surface area contributed by atoms with Gasteiger partial charge in [0.05, 0.1) is 17.9 Å². The van der Waals surface area contributed by atoms with Crippen molar-refractivity contribution in [1.82, 2.24) is 20.2 Å². The van der Waals surface area contributed by atoms with Gasteiger partial charge in [0, 0.05) is 38.9 Å². The van der Waals surface area contributed by atoms with Gasteiger partial charge in [0.25, 0.3) is 5.91 Å². The van der Waals surface area contributed by atoms with Gasteiger partial charge in [0.1, 0.15) is 5.75 Å². The zero-order valence-corrected chi connectivity index (χ0v) is 16.9. The molecule has 28 heavy (non-hydrogen) atoms. The molecular weight excluding hydrogens is 354 g/mol. The Hall–Kier alpha value is -2.67. The van der Waals surface area contributed by atoms with Gasteiger partial charge in [-0.05, 0) is 45.0 Å². The van der Waals surface area contributed by atoms with Crippen LogP contribution in [0.15, 0.2) is 30.5 Å². The zero-order valence-electron chi connectivity index (χ0n) is 16.9. The van der Waals surface area contributed by atoms with Gasteiger partial charge in [0.2, 0.25) is 5.95 Å². The number of aromatic nitrogens is 2. The fourth-order valence-corrected chi connectivity index (χ4v) is 3.17. The molecule has 0 radical (unpaired) electrons. The third kappa shape index (κ3) is 5.19. The molecule has 1 N–H and O–H groups in total. The summed E-state index contributed by atoms with van der Waals surface area (Å²) in [6.07, 6.45) is 2.40. The summed E-state index contributed by atoms with van der Waals surface area (Å²) in [5, 5.41) is 2.96. The van der Waals surface area contributed by atoms with E-state index < -0.39 is 0 Å². The molecule has 1 fully saturated rings. The minimum absolute atomic E-state index is 0.131. The van der Waals surface area contributed by atoms with E-state index in [4.69, 9.17) is 4.74 Å². The smallest absolute Gasteiger partial charge is 0.254 e. The number of nitrogens with one attached hydrogen (secondary N) is 1. The van der Waals surface area contributed by atoms with Crippen molar-refractivity contribution in [3.8, 4) is 5.75 Å². The Bertz CT molecular complexity index is 786. The molecule has 0 atom stereocenters. The molecule has 2 aromatic rings. The first-order chi connectivity index (χ1) is 13.6. The summed E-state index contributed by atoms with van der Waals surface area (Å²) in [5.41, 5.74) is 2.40. The predicted octanol–water partition coefficient (Wildman–Crippen LogP) is 1.91. The van der Waals surface area contributed by atoms with Crippen molar-refractivity contribution in [1.29, 1.82) is 0 Å². The van der Waals surface area contributed by atoms with E-state index in [0.29, 0.717) is 30.4 Å². The fourth-order valence-electron chi connectivity index (χ4n) is 3.17. The van der Waals surface area contributed by atoms with E-state index in [0.717, 1.165) is 43.9 Å². The van der Waals surface area contributed by atoms with Crippen LogP contribution in [0.4, 0.5) is 5.95 Å². The minimum Gasteiger partial charge on any atom is -0.494 e. The normalized spacial score (nSPS) is 14.8. The van der Waals surface area contributed by atoms with Gasteiger partial charge in [-0.3, -0.25) is 4.79 Å². The lowest BCUT2D eigenvalue weighted by Gasteiger charge is -2.32. The Labute approximate surface area is 166 Å². The molecular formula is C21H29N5O2. The molecule has 1 aromatic carbocycles. The monoisotopic (exact) mass is 383 g/mol.